The first kappa shape index (κ1) is 21.4. The maximum atomic E-state index is 13.5. The molecule has 5 heteroatoms. The molecule has 0 aliphatic carbocycles. The number of rotatable bonds is 6. The lowest BCUT2D eigenvalue weighted by atomic mass is 10.00. The minimum atomic E-state index is -0.851. The summed E-state index contributed by atoms with van der Waals surface area (Å²) in [4.78, 5) is 28.4. The van der Waals surface area contributed by atoms with Crippen molar-refractivity contribution in [2.45, 2.75) is 45.7 Å². The van der Waals surface area contributed by atoms with Crippen LogP contribution in [0, 0.1) is 0 Å². The zero-order valence-electron chi connectivity index (χ0n) is 17.9. The number of furan rings is 1. The number of carbonyl (C=O) groups is 2. The predicted octanol–water partition coefficient (Wildman–Crippen LogP) is 5.14. The molecule has 0 bridgehead atoms. The van der Waals surface area contributed by atoms with E-state index in [1.807, 2.05) is 75.4 Å². The molecular formula is C25H28N2O3. The minimum Gasteiger partial charge on any atom is -0.459 e. The van der Waals surface area contributed by atoms with Crippen LogP contribution >= 0.6 is 0 Å². The number of hydrogen-bond acceptors (Lipinski definition) is 3. The largest absolute Gasteiger partial charge is 0.459 e. The van der Waals surface area contributed by atoms with Gasteiger partial charge in [-0.2, -0.15) is 0 Å². The molecule has 0 spiro atoms. The van der Waals surface area contributed by atoms with E-state index in [9.17, 15) is 9.59 Å². The van der Waals surface area contributed by atoms with Gasteiger partial charge in [0.2, 0.25) is 5.91 Å². The first-order valence-corrected chi connectivity index (χ1v) is 10.1. The first-order valence-electron chi connectivity index (χ1n) is 10.1. The van der Waals surface area contributed by atoms with Crippen LogP contribution in [0.4, 0.5) is 5.69 Å². The van der Waals surface area contributed by atoms with Gasteiger partial charge in [-0.3, -0.25) is 14.5 Å². The maximum Gasteiger partial charge on any atom is 0.294 e. The van der Waals surface area contributed by atoms with Crippen LogP contribution in [0.25, 0.3) is 0 Å². The number of amides is 2. The standard InChI is InChI=1S/C25H28N2O3/c1-5-18-13-15-20(16-14-18)27(24(29)21-12-9-17-30-21)22(19-10-7-6-8-11-19)23(28)26-25(2,3)4/h6-17,22H,5H2,1-4H3,(H,26,28). The Morgan fingerprint density at radius 3 is 2.17 bits per heavy atom. The molecule has 0 aliphatic heterocycles. The molecule has 1 N–H and O–H groups in total. The molecule has 2 aromatic carbocycles. The average molecular weight is 405 g/mol. The molecule has 1 unspecified atom stereocenters. The lowest BCUT2D eigenvalue weighted by molar-refractivity contribution is -0.123. The maximum absolute atomic E-state index is 13.5. The number of carbonyl (C=O) groups excluding carboxylic acids is 2. The van der Waals surface area contributed by atoms with E-state index in [1.165, 1.54) is 11.2 Å². The molecule has 0 radical (unpaired) electrons. The summed E-state index contributed by atoms with van der Waals surface area (Å²) >= 11 is 0. The second-order valence-corrected chi connectivity index (χ2v) is 8.22. The van der Waals surface area contributed by atoms with Gasteiger partial charge < -0.3 is 9.73 Å². The molecule has 5 nitrogen and oxygen atoms in total. The molecular weight excluding hydrogens is 376 g/mol. The van der Waals surface area contributed by atoms with Crippen molar-refractivity contribution in [1.82, 2.24) is 5.32 Å². The van der Waals surface area contributed by atoms with E-state index in [0.717, 1.165) is 17.5 Å². The van der Waals surface area contributed by atoms with Gasteiger partial charge in [0.15, 0.2) is 5.76 Å². The Morgan fingerprint density at radius 2 is 1.63 bits per heavy atom. The fraction of sp³-hybridized carbons (Fsp3) is 0.280. The van der Waals surface area contributed by atoms with Gasteiger partial charge in [0.05, 0.1) is 6.26 Å². The zero-order chi connectivity index (χ0) is 21.7. The quantitative estimate of drug-likeness (QED) is 0.618. The third kappa shape index (κ3) is 4.98. The number of benzene rings is 2. The van der Waals surface area contributed by atoms with E-state index in [4.69, 9.17) is 4.42 Å². The van der Waals surface area contributed by atoms with Gasteiger partial charge in [-0.05, 0) is 62.6 Å². The lowest BCUT2D eigenvalue weighted by Gasteiger charge is -2.33. The monoisotopic (exact) mass is 404 g/mol. The molecule has 0 fully saturated rings. The number of nitrogens with zero attached hydrogens (tertiary/aromatic N) is 1. The van der Waals surface area contributed by atoms with Crippen molar-refractivity contribution in [3.05, 3.63) is 89.9 Å². The van der Waals surface area contributed by atoms with E-state index in [2.05, 4.69) is 12.2 Å². The van der Waals surface area contributed by atoms with Gasteiger partial charge >= 0.3 is 0 Å². The molecule has 1 aromatic heterocycles. The molecule has 156 valence electrons. The molecule has 0 saturated carbocycles. The van der Waals surface area contributed by atoms with Crippen LogP contribution in [0.2, 0.25) is 0 Å². The summed E-state index contributed by atoms with van der Waals surface area (Å²) in [5.41, 5.74) is 2.06. The highest BCUT2D eigenvalue weighted by Gasteiger charge is 2.35. The van der Waals surface area contributed by atoms with Gasteiger partial charge in [-0.15, -0.1) is 0 Å². The van der Waals surface area contributed by atoms with Gasteiger partial charge in [0.25, 0.3) is 5.91 Å². The Hall–Kier alpha value is -3.34. The number of hydrogen-bond donors (Lipinski definition) is 1. The van der Waals surface area contributed by atoms with Crippen LogP contribution < -0.4 is 10.2 Å². The van der Waals surface area contributed by atoms with Crippen molar-refractivity contribution in [3.8, 4) is 0 Å². The first-order chi connectivity index (χ1) is 14.3. The topological polar surface area (TPSA) is 62.6 Å². The highest BCUT2D eigenvalue weighted by atomic mass is 16.3. The third-order valence-electron chi connectivity index (χ3n) is 4.69. The molecule has 0 aliphatic rings. The zero-order valence-corrected chi connectivity index (χ0v) is 17.9. The van der Waals surface area contributed by atoms with Gasteiger partial charge in [-0.25, -0.2) is 0 Å². The Bertz CT molecular complexity index is 971. The fourth-order valence-electron chi connectivity index (χ4n) is 3.29. The molecule has 1 atom stereocenters. The smallest absolute Gasteiger partial charge is 0.294 e. The minimum absolute atomic E-state index is 0.180. The molecule has 2 amide bonds. The number of nitrogens with one attached hydrogen (secondary N) is 1. The summed E-state index contributed by atoms with van der Waals surface area (Å²) in [5.74, 6) is -0.450. The number of anilines is 1. The Balaban J connectivity index is 2.14. The van der Waals surface area contributed by atoms with Crippen LogP contribution in [0.15, 0.2) is 77.4 Å². The highest BCUT2D eigenvalue weighted by Crippen LogP contribution is 2.30. The fourth-order valence-corrected chi connectivity index (χ4v) is 3.29. The Morgan fingerprint density at radius 1 is 0.967 bits per heavy atom. The van der Waals surface area contributed by atoms with Gasteiger partial charge in [0.1, 0.15) is 6.04 Å². The lowest BCUT2D eigenvalue weighted by Crippen LogP contribution is -2.49. The molecule has 3 aromatic rings. The van der Waals surface area contributed by atoms with Crippen LogP contribution in [-0.2, 0) is 11.2 Å². The summed E-state index contributed by atoms with van der Waals surface area (Å²) in [6.07, 6.45) is 2.34. The van der Waals surface area contributed by atoms with E-state index in [-0.39, 0.29) is 17.6 Å². The van der Waals surface area contributed by atoms with E-state index in [0.29, 0.717) is 5.69 Å². The SMILES string of the molecule is CCc1ccc(N(C(=O)c2ccco2)C(C(=O)NC(C)(C)C)c2ccccc2)cc1. The summed E-state index contributed by atoms with van der Waals surface area (Å²) in [5, 5.41) is 3.03. The van der Waals surface area contributed by atoms with E-state index >= 15 is 0 Å². The van der Waals surface area contributed by atoms with Crippen molar-refractivity contribution in [1.29, 1.82) is 0 Å². The van der Waals surface area contributed by atoms with Crippen LogP contribution in [0.5, 0.6) is 0 Å². The highest BCUT2D eigenvalue weighted by molar-refractivity contribution is 6.08. The van der Waals surface area contributed by atoms with Crippen molar-refractivity contribution in [2.24, 2.45) is 0 Å². The van der Waals surface area contributed by atoms with E-state index < -0.39 is 11.6 Å². The van der Waals surface area contributed by atoms with Gasteiger partial charge in [0, 0.05) is 11.2 Å². The van der Waals surface area contributed by atoms with Crippen molar-refractivity contribution >= 4 is 17.5 Å². The summed E-state index contributed by atoms with van der Waals surface area (Å²) in [6.45, 7) is 7.83. The van der Waals surface area contributed by atoms with Crippen molar-refractivity contribution < 1.29 is 14.0 Å². The average Bonchev–Trinajstić information content (AvgIpc) is 3.26. The summed E-state index contributed by atoms with van der Waals surface area (Å²) < 4.78 is 5.39. The summed E-state index contributed by atoms with van der Waals surface area (Å²) in [6, 6.07) is 19.4. The van der Waals surface area contributed by atoms with E-state index in [1.54, 1.807) is 12.1 Å². The second kappa shape index (κ2) is 8.99. The predicted molar refractivity (Wildman–Crippen MR) is 118 cm³/mol. The molecule has 1 heterocycles. The molecule has 3 rings (SSSR count). The van der Waals surface area contributed by atoms with Crippen LogP contribution in [0.3, 0.4) is 0 Å². The third-order valence-corrected chi connectivity index (χ3v) is 4.69. The van der Waals surface area contributed by atoms with Crippen LogP contribution in [0.1, 0.15) is 55.4 Å². The van der Waals surface area contributed by atoms with Crippen molar-refractivity contribution in [2.75, 3.05) is 4.90 Å². The molecule has 30 heavy (non-hydrogen) atoms. The molecule has 0 saturated heterocycles. The normalized spacial score (nSPS) is 12.3. The van der Waals surface area contributed by atoms with Crippen molar-refractivity contribution in [3.63, 3.8) is 0 Å². The van der Waals surface area contributed by atoms with Gasteiger partial charge in [-0.1, -0.05) is 49.4 Å². The second-order valence-electron chi connectivity index (χ2n) is 8.22. The summed E-state index contributed by atoms with van der Waals surface area (Å²) in [7, 11) is 0. The van der Waals surface area contributed by atoms with Crippen LogP contribution in [-0.4, -0.2) is 17.4 Å². The number of aryl methyl sites for hydroxylation is 1. The Kier molecular flexibility index (Phi) is 6.40. The Labute approximate surface area is 177 Å².